The molecule has 1 aromatic carbocycles. The maximum absolute atomic E-state index is 9.00. The van der Waals surface area contributed by atoms with E-state index < -0.39 is 0 Å². The summed E-state index contributed by atoms with van der Waals surface area (Å²) >= 11 is 1.70. The van der Waals surface area contributed by atoms with Gasteiger partial charge >= 0.3 is 0 Å². The number of benzene rings is 1. The Labute approximate surface area is 105 Å². The molecule has 1 N–H and O–H groups in total. The van der Waals surface area contributed by atoms with E-state index in [1.807, 2.05) is 38.1 Å². The van der Waals surface area contributed by atoms with Crippen LogP contribution in [0.2, 0.25) is 0 Å². The van der Waals surface area contributed by atoms with E-state index in [1.165, 1.54) is 0 Å². The zero-order chi connectivity index (χ0) is 12.3. The maximum Gasteiger partial charge on any atom is 0.0890 e. The quantitative estimate of drug-likeness (QED) is 0.903. The normalized spacial score (nSPS) is 12.9. The molecular formula is C13H16N2OS. The first-order valence-electron chi connectivity index (χ1n) is 5.65. The smallest absolute Gasteiger partial charge is 0.0890 e. The highest BCUT2D eigenvalue weighted by Crippen LogP contribution is 2.19. The minimum Gasteiger partial charge on any atom is -0.395 e. The molecule has 0 radical (unpaired) electrons. The molecule has 90 valence electrons. The molecule has 1 atom stereocenters. The molecular weight excluding hydrogens is 232 g/mol. The lowest BCUT2D eigenvalue weighted by atomic mass is 10.2. The molecule has 1 heterocycles. The van der Waals surface area contributed by atoms with E-state index in [-0.39, 0.29) is 11.9 Å². The summed E-state index contributed by atoms with van der Waals surface area (Å²) in [5.41, 5.74) is 3.86. The molecule has 2 rings (SSSR count). The monoisotopic (exact) mass is 248 g/mol. The summed E-state index contributed by atoms with van der Waals surface area (Å²) in [5, 5.41) is 9.24. The third-order valence-corrected chi connectivity index (χ3v) is 3.76. The fourth-order valence-corrected chi connectivity index (χ4v) is 2.36. The summed E-state index contributed by atoms with van der Waals surface area (Å²) in [6.45, 7) is 4.19. The first kappa shape index (κ1) is 12.3. The molecule has 0 aliphatic rings. The fourth-order valence-electron chi connectivity index (χ4n) is 1.54. The van der Waals surface area contributed by atoms with Crippen LogP contribution in [0.25, 0.3) is 11.0 Å². The average molecular weight is 248 g/mol. The first-order valence-corrected chi connectivity index (χ1v) is 6.70. The van der Waals surface area contributed by atoms with E-state index >= 15 is 0 Å². The van der Waals surface area contributed by atoms with Gasteiger partial charge in [0.15, 0.2) is 0 Å². The van der Waals surface area contributed by atoms with Gasteiger partial charge in [0.1, 0.15) is 0 Å². The minimum absolute atomic E-state index is 0.199. The summed E-state index contributed by atoms with van der Waals surface area (Å²) in [5.74, 6) is 0.797. The SMILES string of the molecule is Cc1nc2ccccc2nc1CSC(C)CO. The molecule has 3 nitrogen and oxygen atoms in total. The van der Waals surface area contributed by atoms with Crippen molar-refractivity contribution < 1.29 is 5.11 Å². The van der Waals surface area contributed by atoms with Crippen molar-refractivity contribution in [2.75, 3.05) is 6.61 Å². The lowest BCUT2D eigenvalue weighted by Gasteiger charge is -2.09. The highest BCUT2D eigenvalue weighted by molar-refractivity contribution is 7.99. The van der Waals surface area contributed by atoms with Crippen LogP contribution in [-0.4, -0.2) is 26.9 Å². The number of hydrogen-bond acceptors (Lipinski definition) is 4. The van der Waals surface area contributed by atoms with Crippen LogP contribution in [0.1, 0.15) is 18.3 Å². The molecule has 0 aliphatic carbocycles. The summed E-state index contributed by atoms with van der Waals surface area (Å²) in [6.07, 6.45) is 0. The topological polar surface area (TPSA) is 46.0 Å². The molecule has 0 aliphatic heterocycles. The van der Waals surface area contributed by atoms with Crippen LogP contribution in [0, 0.1) is 6.92 Å². The van der Waals surface area contributed by atoms with Gasteiger partial charge in [-0.2, -0.15) is 0 Å². The first-order chi connectivity index (χ1) is 8.20. The Morgan fingerprint density at radius 1 is 1.24 bits per heavy atom. The number of nitrogens with zero attached hydrogens (tertiary/aromatic N) is 2. The van der Waals surface area contributed by atoms with Crippen molar-refractivity contribution in [3.63, 3.8) is 0 Å². The molecule has 17 heavy (non-hydrogen) atoms. The van der Waals surface area contributed by atoms with Crippen LogP contribution < -0.4 is 0 Å². The number of fused-ring (bicyclic) bond motifs is 1. The van der Waals surface area contributed by atoms with Crippen LogP contribution in [0.5, 0.6) is 0 Å². The van der Waals surface area contributed by atoms with Crippen molar-refractivity contribution in [2.24, 2.45) is 0 Å². The Morgan fingerprint density at radius 2 is 1.88 bits per heavy atom. The molecule has 0 spiro atoms. The number of aliphatic hydroxyl groups excluding tert-OH is 1. The van der Waals surface area contributed by atoms with Gasteiger partial charge < -0.3 is 5.11 Å². The number of aromatic nitrogens is 2. The third kappa shape index (κ3) is 2.96. The second kappa shape index (κ2) is 5.47. The average Bonchev–Trinajstić information content (AvgIpc) is 2.35. The highest BCUT2D eigenvalue weighted by Gasteiger charge is 2.07. The number of aryl methyl sites for hydroxylation is 1. The van der Waals surface area contributed by atoms with Gasteiger partial charge in [-0.25, -0.2) is 9.97 Å². The van der Waals surface area contributed by atoms with Gasteiger partial charge in [-0.15, -0.1) is 11.8 Å². The fraction of sp³-hybridized carbons (Fsp3) is 0.385. The van der Waals surface area contributed by atoms with Gasteiger partial charge in [0, 0.05) is 11.0 Å². The van der Waals surface area contributed by atoms with Crippen LogP contribution in [0.3, 0.4) is 0 Å². The number of para-hydroxylation sites is 2. The van der Waals surface area contributed by atoms with Crippen LogP contribution >= 0.6 is 11.8 Å². The maximum atomic E-state index is 9.00. The Hall–Kier alpha value is -1.13. The van der Waals surface area contributed by atoms with Gasteiger partial charge in [-0.05, 0) is 19.1 Å². The summed E-state index contributed by atoms with van der Waals surface area (Å²) in [7, 11) is 0. The predicted molar refractivity (Wildman–Crippen MR) is 72.1 cm³/mol. The predicted octanol–water partition coefficient (Wildman–Crippen LogP) is 2.55. The Balaban J connectivity index is 2.25. The zero-order valence-corrected chi connectivity index (χ0v) is 10.9. The van der Waals surface area contributed by atoms with E-state index in [4.69, 9.17) is 5.11 Å². The number of thioether (sulfide) groups is 1. The Kier molecular flexibility index (Phi) is 3.97. The summed E-state index contributed by atoms with van der Waals surface area (Å²) in [4.78, 5) is 9.16. The highest BCUT2D eigenvalue weighted by atomic mass is 32.2. The zero-order valence-electron chi connectivity index (χ0n) is 10.1. The molecule has 0 amide bonds. The Morgan fingerprint density at radius 3 is 2.53 bits per heavy atom. The molecule has 1 unspecified atom stereocenters. The van der Waals surface area contributed by atoms with Gasteiger partial charge in [0.2, 0.25) is 0 Å². The van der Waals surface area contributed by atoms with E-state index in [9.17, 15) is 0 Å². The van der Waals surface area contributed by atoms with Crippen molar-refractivity contribution in [1.82, 2.24) is 9.97 Å². The molecule has 0 bridgehead atoms. The van der Waals surface area contributed by atoms with E-state index in [1.54, 1.807) is 11.8 Å². The molecule has 0 saturated carbocycles. The van der Waals surface area contributed by atoms with Crippen molar-refractivity contribution in [2.45, 2.75) is 24.9 Å². The van der Waals surface area contributed by atoms with Crippen molar-refractivity contribution in [3.05, 3.63) is 35.7 Å². The summed E-state index contributed by atoms with van der Waals surface area (Å²) < 4.78 is 0. The van der Waals surface area contributed by atoms with Crippen molar-refractivity contribution in [1.29, 1.82) is 0 Å². The van der Waals surface area contributed by atoms with Crippen LogP contribution in [-0.2, 0) is 5.75 Å². The molecule has 1 aromatic heterocycles. The Bertz CT molecular complexity index is 516. The number of rotatable bonds is 4. The van der Waals surface area contributed by atoms with E-state index in [0.717, 1.165) is 28.2 Å². The van der Waals surface area contributed by atoms with Crippen molar-refractivity contribution in [3.8, 4) is 0 Å². The van der Waals surface area contributed by atoms with Gasteiger partial charge in [0.05, 0.1) is 29.0 Å². The lowest BCUT2D eigenvalue weighted by molar-refractivity contribution is 0.300. The molecule has 2 aromatic rings. The number of aliphatic hydroxyl groups is 1. The van der Waals surface area contributed by atoms with Gasteiger partial charge in [0.25, 0.3) is 0 Å². The largest absolute Gasteiger partial charge is 0.395 e. The molecule has 4 heteroatoms. The standard InChI is InChI=1S/C13H16N2OS/c1-9(7-16)17-8-13-10(2)14-11-5-3-4-6-12(11)15-13/h3-6,9,16H,7-8H2,1-2H3. The van der Waals surface area contributed by atoms with Crippen molar-refractivity contribution >= 4 is 22.8 Å². The van der Waals surface area contributed by atoms with Gasteiger partial charge in [-0.1, -0.05) is 19.1 Å². The number of hydrogen-bond donors (Lipinski definition) is 1. The van der Waals surface area contributed by atoms with Crippen LogP contribution in [0.4, 0.5) is 0 Å². The van der Waals surface area contributed by atoms with Crippen LogP contribution in [0.15, 0.2) is 24.3 Å². The van der Waals surface area contributed by atoms with E-state index in [2.05, 4.69) is 9.97 Å². The van der Waals surface area contributed by atoms with E-state index in [0.29, 0.717) is 0 Å². The lowest BCUT2D eigenvalue weighted by Crippen LogP contribution is -2.04. The second-order valence-electron chi connectivity index (χ2n) is 4.05. The molecule has 0 fully saturated rings. The van der Waals surface area contributed by atoms with Gasteiger partial charge in [-0.3, -0.25) is 0 Å². The molecule has 0 saturated heterocycles. The minimum atomic E-state index is 0.199. The second-order valence-corrected chi connectivity index (χ2v) is 5.48. The third-order valence-electron chi connectivity index (χ3n) is 2.60. The summed E-state index contributed by atoms with van der Waals surface area (Å²) in [6, 6.07) is 7.90.